The lowest BCUT2D eigenvalue weighted by Crippen LogP contribution is -2.50. The van der Waals surface area contributed by atoms with Gasteiger partial charge in [0, 0.05) is 59.7 Å². The number of carbonyl (C=O) groups is 1. The van der Waals surface area contributed by atoms with Gasteiger partial charge in [0.05, 0.1) is 28.6 Å². The maximum absolute atomic E-state index is 13.2. The van der Waals surface area contributed by atoms with Gasteiger partial charge in [0.2, 0.25) is 0 Å². The summed E-state index contributed by atoms with van der Waals surface area (Å²) in [5, 5.41) is 18.2. The molecule has 210 valence electrons. The average molecular weight is 870 g/mol. The fourth-order valence-electron chi connectivity index (χ4n) is 4.77. The first kappa shape index (κ1) is 30.9. The van der Waals surface area contributed by atoms with Crippen molar-refractivity contribution in [2.45, 2.75) is 47.6 Å². The Kier molecular flexibility index (Phi) is 10.6. The van der Waals surface area contributed by atoms with Crippen LogP contribution in [0, 0.1) is 16.4 Å². The largest absolute Gasteiger partial charge is 0.470 e. The highest BCUT2D eigenvalue weighted by Crippen LogP contribution is 2.33. The number of methoxy groups -OCH3 is 1. The molecule has 4 rings (SSSR count). The van der Waals surface area contributed by atoms with E-state index in [1.165, 1.54) is 0 Å². The molecule has 2 atom stereocenters. The number of benzene rings is 2. The zero-order valence-electron chi connectivity index (χ0n) is 22.3. The Morgan fingerprint density at radius 2 is 1.92 bits per heavy atom. The number of piperidine rings is 1. The fraction of sp³-hybridized carbons (Fsp3) is 0.429. The van der Waals surface area contributed by atoms with E-state index in [0.29, 0.717) is 29.2 Å². The summed E-state index contributed by atoms with van der Waals surface area (Å²) in [6.45, 7) is 7.76. The van der Waals surface area contributed by atoms with E-state index in [0.717, 1.165) is 34.3 Å². The van der Waals surface area contributed by atoms with Crippen molar-refractivity contribution in [2.24, 2.45) is 5.92 Å². The van der Waals surface area contributed by atoms with Crippen molar-refractivity contribution < 1.29 is 19.4 Å². The summed E-state index contributed by atoms with van der Waals surface area (Å²) >= 11 is 6.69. The van der Waals surface area contributed by atoms with Crippen molar-refractivity contribution in [1.29, 1.82) is 0 Å². The van der Waals surface area contributed by atoms with Crippen LogP contribution in [0.5, 0.6) is 5.75 Å². The van der Waals surface area contributed by atoms with Crippen LogP contribution >= 0.6 is 67.8 Å². The number of carbonyl (C=O) groups excluding carboxylic acids is 1. The third-order valence-electron chi connectivity index (χ3n) is 6.99. The minimum Gasteiger partial charge on any atom is -0.470 e. The lowest BCUT2D eigenvalue weighted by atomic mass is 9.83. The number of aromatic nitrogens is 2. The molecule has 0 bridgehead atoms. The van der Waals surface area contributed by atoms with E-state index in [2.05, 4.69) is 83.1 Å². The maximum Gasteiger partial charge on any atom is 0.259 e. The second kappa shape index (κ2) is 13.3. The highest BCUT2D eigenvalue weighted by atomic mass is 127. The number of nitrogens with zero attached hydrogens (tertiary/aromatic N) is 3. The number of hydrogen-bond donors (Lipinski definition) is 2. The molecule has 2 N–H and O–H groups in total. The van der Waals surface area contributed by atoms with Gasteiger partial charge in [0.1, 0.15) is 5.75 Å². The van der Waals surface area contributed by atoms with Crippen LogP contribution in [-0.4, -0.2) is 59.7 Å². The molecule has 2 heterocycles. The summed E-state index contributed by atoms with van der Waals surface area (Å²) in [6.07, 6.45) is 2.64. The van der Waals surface area contributed by atoms with Crippen LogP contribution in [0.3, 0.4) is 0 Å². The lowest BCUT2D eigenvalue weighted by molar-refractivity contribution is -0.0678. The second-order valence-electron chi connectivity index (χ2n) is 10.3. The van der Waals surface area contributed by atoms with Crippen LogP contribution in [0.2, 0.25) is 0 Å². The monoisotopic (exact) mass is 870 g/mol. The molecule has 39 heavy (non-hydrogen) atoms. The van der Waals surface area contributed by atoms with Gasteiger partial charge in [-0.2, -0.15) is 5.10 Å². The second-order valence-corrected chi connectivity index (χ2v) is 16.2. The summed E-state index contributed by atoms with van der Waals surface area (Å²) in [7, 11) is 1.73. The SMILES string of the molecule is CO[C@@H]1C[C@H](C(C)(C)O)CN(Cc2ccc(NC(=O)c3cn(-c4ccc(I)cc4)nc3C)cc2OC(I)I)C1. The summed E-state index contributed by atoms with van der Waals surface area (Å²) in [6, 6.07) is 13.7. The minimum atomic E-state index is -0.788. The number of nitrogens with one attached hydrogen (secondary N) is 1. The average Bonchev–Trinajstić information content (AvgIpc) is 3.26. The van der Waals surface area contributed by atoms with E-state index in [1.54, 1.807) is 18.0 Å². The molecule has 8 nitrogen and oxygen atoms in total. The van der Waals surface area contributed by atoms with Crippen molar-refractivity contribution in [3.8, 4) is 11.4 Å². The van der Waals surface area contributed by atoms with Crippen LogP contribution in [0.15, 0.2) is 48.7 Å². The van der Waals surface area contributed by atoms with Crippen LogP contribution in [0.1, 0.15) is 41.9 Å². The highest BCUT2D eigenvalue weighted by Gasteiger charge is 2.36. The molecule has 0 aliphatic carbocycles. The zero-order chi connectivity index (χ0) is 28.3. The van der Waals surface area contributed by atoms with Crippen molar-refractivity contribution in [2.75, 3.05) is 25.5 Å². The Balaban J connectivity index is 1.52. The Hall–Kier alpha value is -1.01. The summed E-state index contributed by atoms with van der Waals surface area (Å²) < 4.78 is 14.6. The summed E-state index contributed by atoms with van der Waals surface area (Å²) in [5.41, 5.74) is 2.93. The molecule has 1 fully saturated rings. The molecular weight excluding hydrogens is 837 g/mol. The van der Waals surface area contributed by atoms with Gasteiger partial charge in [-0.05, 0) is 125 Å². The first-order valence-electron chi connectivity index (χ1n) is 12.6. The Morgan fingerprint density at radius 3 is 2.56 bits per heavy atom. The Morgan fingerprint density at radius 1 is 1.21 bits per heavy atom. The van der Waals surface area contributed by atoms with Crippen LogP contribution < -0.4 is 10.1 Å². The quantitative estimate of drug-likeness (QED) is 0.198. The predicted molar refractivity (Wildman–Crippen MR) is 178 cm³/mol. The number of amides is 1. The predicted octanol–water partition coefficient (Wildman–Crippen LogP) is 6.18. The van der Waals surface area contributed by atoms with E-state index in [1.807, 2.05) is 63.2 Å². The molecule has 1 aromatic heterocycles. The van der Waals surface area contributed by atoms with Crippen molar-refractivity contribution in [3.05, 3.63) is 69.1 Å². The molecule has 0 spiro atoms. The molecule has 1 saturated heterocycles. The minimum absolute atomic E-state index is 0.0590. The fourth-order valence-corrected chi connectivity index (χ4v) is 5.68. The number of ether oxygens (including phenoxy) is 2. The molecule has 0 radical (unpaired) electrons. The van der Waals surface area contributed by atoms with Gasteiger partial charge < -0.3 is 19.9 Å². The van der Waals surface area contributed by atoms with Crippen LogP contribution in [0.4, 0.5) is 5.69 Å². The first-order chi connectivity index (χ1) is 18.4. The first-order valence-corrected chi connectivity index (χ1v) is 16.2. The molecule has 1 amide bonds. The third kappa shape index (κ3) is 8.27. The summed E-state index contributed by atoms with van der Waals surface area (Å²) in [5.74, 6) is 0.590. The molecule has 1 aliphatic heterocycles. The van der Waals surface area contributed by atoms with Gasteiger partial charge in [-0.15, -0.1) is 0 Å². The number of aliphatic hydroxyl groups is 1. The molecule has 0 saturated carbocycles. The van der Waals surface area contributed by atoms with Crippen molar-refractivity contribution >= 4 is 79.4 Å². The third-order valence-corrected chi connectivity index (χ3v) is 8.22. The van der Waals surface area contributed by atoms with Gasteiger partial charge in [-0.25, -0.2) is 4.68 Å². The number of likely N-dealkylation sites (tertiary alicyclic amines) is 1. The smallest absolute Gasteiger partial charge is 0.259 e. The maximum atomic E-state index is 13.2. The number of aryl methyl sites for hydroxylation is 1. The van der Waals surface area contributed by atoms with Crippen molar-refractivity contribution in [1.82, 2.24) is 14.7 Å². The zero-order valence-corrected chi connectivity index (χ0v) is 28.8. The number of halogens is 3. The van der Waals surface area contributed by atoms with Gasteiger partial charge in [-0.3, -0.25) is 9.69 Å². The molecule has 3 aromatic rings. The van der Waals surface area contributed by atoms with Gasteiger partial charge >= 0.3 is 0 Å². The van der Waals surface area contributed by atoms with Crippen molar-refractivity contribution in [3.63, 3.8) is 0 Å². The van der Waals surface area contributed by atoms with Gasteiger partial charge in [0.15, 0.2) is 2.12 Å². The number of alkyl halides is 2. The molecule has 0 unspecified atom stereocenters. The molecule has 11 heteroatoms. The Bertz CT molecular complexity index is 1290. The standard InChI is InChI=1S/C28H33I3N4O4/c1-17-24(16-35(33-17)22-9-6-20(29)7-10-22)26(36)32-21-8-5-18(25(12-21)39-27(30)31)13-34-14-19(28(2,3)37)11-23(15-34)38-4/h5-10,12,16,19,23,27,37H,11,13-15H2,1-4H3,(H,32,36)/t19-,23+/m0/s1. The molecule has 2 aromatic carbocycles. The summed E-state index contributed by atoms with van der Waals surface area (Å²) in [4.78, 5) is 15.5. The Labute approximate surface area is 270 Å². The van der Waals surface area contributed by atoms with E-state index in [9.17, 15) is 9.90 Å². The normalized spacial score (nSPS) is 18.4. The van der Waals surface area contributed by atoms with E-state index < -0.39 is 5.60 Å². The molecule has 1 aliphatic rings. The number of hydrogen-bond acceptors (Lipinski definition) is 6. The molecular formula is C28H33I3N4O4. The topological polar surface area (TPSA) is 88.9 Å². The van der Waals surface area contributed by atoms with E-state index >= 15 is 0 Å². The van der Waals surface area contributed by atoms with Gasteiger partial charge in [0.25, 0.3) is 5.91 Å². The van der Waals surface area contributed by atoms with E-state index in [4.69, 9.17) is 9.47 Å². The van der Waals surface area contributed by atoms with Crippen LogP contribution in [0.25, 0.3) is 5.69 Å². The van der Waals surface area contributed by atoms with Gasteiger partial charge in [-0.1, -0.05) is 6.07 Å². The number of rotatable bonds is 9. The van der Waals surface area contributed by atoms with E-state index in [-0.39, 0.29) is 20.0 Å². The number of anilines is 1. The lowest BCUT2D eigenvalue weighted by Gasteiger charge is -2.42. The van der Waals surface area contributed by atoms with Crippen LogP contribution in [-0.2, 0) is 11.3 Å². The highest BCUT2D eigenvalue weighted by molar-refractivity contribution is 14.2.